The van der Waals surface area contributed by atoms with Crippen LogP contribution in [-0.4, -0.2) is 42.1 Å². The molecule has 0 saturated carbocycles. The number of piperidine rings is 1. The van der Waals surface area contributed by atoms with Crippen LogP contribution >= 0.6 is 0 Å². The van der Waals surface area contributed by atoms with Gasteiger partial charge in [-0.1, -0.05) is 6.07 Å². The zero-order chi connectivity index (χ0) is 11.5. The highest BCUT2D eigenvalue weighted by Gasteiger charge is 2.33. The maximum Gasteiger partial charge on any atom is 0.0300 e. The fourth-order valence-electron chi connectivity index (χ4n) is 3.15. The van der Waals surface area contributed by atoms with Crippen molar-refractivity contribution in [3.8, 4) is 0 Å². The van der Waals surface area contributed by atoms with Crippen LogP contribution in [0.25, 0.3) is 0 Å². The summed E-state index contributed by atoms with van der Waals surface area (Å²) in [7, 11) is 0. The first-order valence-corrected chi connectivity index (χ1v) is 6.76. The highest BCUT2D eigenvalue weighted by Crippen LogP contribution is 2.24. The third kappa shape index (κ3) is 2.67. The summed E-state index contributed by atoms with van der Waals surface area (Å²) in [6, 6.07) is 4.97. The molecular formula is C14H21N3. The molecule has 3 heterocycles. The second-order valence-electron chi connectivity index (χ2n) is 5.33. The Labute approximate surface area is 103 Å². The molecule has 0 amide bonds. The molecule has 3 nitrogen and oxygen atoms in total. The lowest BCUT2D eigenvalue weighted by atomic mass is 9.94. The van der Waals surface area contributed by atoms with Gasteiger partial charge >= 0.3 is 0 Å². The predicted octanol–water partition coefficient (Wildman–Crippen LogP) is 1.31. The number of aromatic nitrogens is 1. The molecule has 2 aliphatic rings. The summed E-state index contributed by atoms with van der Waals surface area (Å²) in [4.78, 5) is 6.78. The number of likely N-dealkylation sites (tertiary alicyclic amines) is 1. The summed E-state index contributed by atoms with van der Waals surface area (Å²) in [5.41, 5.74) is 1.36. The van der Waals surface area contributed by atoms with Crippen LogP contribution in [0.2, 0.25) is 0 Å². The van der Waals surface area contributed by atoms with E-state index in [2.05, 4.69) is 21.3 Å². The lowest BCUT2D eigenvalue weighted by Gasteiger charge is -2.24. The third-order valence-electron chi connectivity index (χ3n) is 4.11. The van der Waals surface area contributed by atoms with E-state index in [9.17, 15) is 0 Å². The summed E-state index contributed by atoms with van der Waals surface area (Å²) in [6.45, 7) is 4.93. The van der Waals surface area contributed by atoms with Gasteiger partial charge in [-0.05, 0) is 43.4 Å². The quantitative estimate of drug-likeness (QED) is 0.850. The first kappa shape index (κ1) is 11.2. The van der Waals surface area contributed by atoms with Gasteiger partial charge in [0.05, 0.1) is 0 Å². The van der Waals surface area contributed by atoms with E-state index in [0.29, 0.717) is 0 Å². The lowest BCUT2D eigenvalue weighted by Crippen LogP contribution is -2.40. The smallest absolute Gasteiger partial charge is 0.0300 e. The van der Waals surface area contributed by atoms with Crippen molar-refractivity contribution in [1.82, 2.24) is 15.2 Å². The van der Waals surface area contributed by atoms with E-state index in [4.69, 9.17) is 0 Å². The SMILES string of the molecule is c1cncc(CCN2C[C@@H]3CCCN[C@@H]3C2)c1. The van der Waals surface area contributed by atoms with Crippen LogP contribution < -0.4 is 5.32 Å². The Bertz CT molecular complexity index is 338. The van der Waals surface area contributed by atoms with Gasteiger partial charge in [-0.15, -0.1) is 0 Å². The molecule has 1 aromatic rings. The van der Waals surface area contributed by atoms with Crippen LogP contribution in [0, 0.1) is 5.92 Å². The molecule has 3 rings (SSSR count). The van der Waals surface area contributed by atoms with Crippen LogP contribution in [0.4, 0.5) is 0 Å². The molecule has 0 aromatic carbocycles. The van der Waals surface area contributed by atoms with Gasteiger partial charge < -0.3 is 10.2 Å². The molecular weight excluding hydrogens is 210 g/mol. The second kappa shape index (κ2) is 5.15. The Morgan fingerprint density at radius 3 is 3.24 bits per heavy atom. The average Bonchev–Trinajstić information content (AvgIpc) is 2.80. The van der Waals surface area contributed by atoms with Gasteiger partial charge in [0.2, 0.25) is 0 Å². The first-order valence-electron chi connectivity index (χ1n) is 6.76. The van der Waals surface area contributed by atoms with Gasteiger partial charge in [0.25, 0.3) is 0 Å². The summed E-state index contributed by atoms with van der Waals surface area (Å²) in [6.07, 6.45) is 7.74. The summed E-state index contributed by atoms with van der Waals surface area (Å²) in [5, 5.41) is 3.66. The second-order valence-corrected chi connectivity index (χ2v) is 5.33. The zero-order valence-electron chi connectivity index (χ0n) is 10.3. The molecule has 2 aliphatic heterocycles. The van der Waals surface area contributed by atoms with Gasteiger partial charge in [0, 0.05) is 38.1 Å². The predicted molar refractivity (Wildman–Crippen MR) is 68.9 cm³/mol. The van der Waals surface area contributed by atoms with E-state index in [1.165, 1.54) is 44.6 Å². The van der Waals surface area contributed by atoms with Crippen molar-refractivity contribution in [2.24, 2.45) is 5.92 Å². The van der Waals surface area contributed by atoms with Crippen molar-refractivity contribution < 1.29 is 0 Å². The topological polar surface area (TPSA) is 28.2 Å². The van der Waals surface area contributed by atoms with Crippen LogP contribution in [0.3, 0.4) is 0 Å². The van der Waals surface area contributed by atoms with Gasteiger partial charge in [0.1, 0.15) is 0 Å². The molecule has 2 fully saturated rings. The zero-order valence-corrected chi connectivity index (χ0v) is 10.3. The summed E-state index contributed by atoms with van der Waals surface area (Å²) < 4.78 is 0. The van der Waals surface area contributed by atoms with Crippen LogP contribution in [0.5, 0.6) is 0 Å². The Hall–Kier alpha value is -0.930. The maximum atomic E-state index is 4.17. The molecule has 0 bridgehead atoms. The van der Waals surface area contributed by atoms with Gasteiger partial charge in [-0.2, -0.15) is 0 Å². The third-order valence-corrected chi connectivity index (χ3v) is 4.11. The van der Waals surface area contributed by atoms with Crippen molar-refractivity contribution in [3.63, 3.8) is 0 Å². The number of fused-ring (bicyclic) bond motifs is 1. The number of pyridine rings is 1. The first-order chi connectivity index (χ1) is 8.42. The molecule has 1 aromatic heterocycles. The number of nitrogens with one attached hydrogen (secondary N) is 1. The van der Waals surface area contributed by atoms with Crippen molar-refractivity contribution in [1.29, 1.82) is 0 Å². The molecule has 2 atom stereocenters. The minimum Gasteiger partial charge on any atom is -0.312 e. The molecule has 1 N–H and O–H groups in total. The van der Waals surface area contributed by atoms with E-state index in [1.54, 1.807) is 0 Å². The molecule has 0 radical (unpaired) electrons. The van der Waals surface area contributed by atoms with E-state index in [1.807, 2.05) is 18.5 Å². The Morgan fingerprint density at radius 1 is 1.41 bits per heavy atom. The van der Waals surface area contributed by atoms with Crippen molar-refractivity contribution in [2.75, 3.05) is 26.2 Å². The van der Waals surface area contributed by atoms with Crippen LogP contribution in [-0.2, 0) is 6.42 Å². The van der Waals surface area contributed by atoms with Crippen LogP contribution in [0.1, 0.15) is 18.4 Å². The van der Waals surface area contributed by atoms with Gasteiger partial charge in [0.15, 0.2) is 0 Å². The van der Waals surface area contributed by atoms with E-state index >= 15 is 0 Å². The average molecular weight is 231 g/mol. The summed E-state index contributed by atoms with van der Waals surface area (Å²) >= 11 is 0. The Kier molecular flexibility index (Phi) is 3.39. The normalized spacial score (nSPS) is 29.2. The van der Waals surface area contributed by atoms with Crippen molar-refractivity contribution >= 4 is 0 Å². The van der Waals surface area contributed by atoms with E-state index in [-0.39, 0.29) is 0 Å². The lowest BCUT2D eigenvalue weighted by molar-refractivity contribution is 0.322. The minimum absolute atomic E-state index is 0.762. The maximum absolute atomic E-state index is 4.17. The highest BCUT2D eigenvalue weighted by atomic mass is 15.2. The number of hydrogen-bond acceptors (Lipinski definition) is 3. The number of nitrogens with zero attached hydrogens (tertiary/aromatic N) is 2. The minimum atomic E-state index is 0.762. The fraction of sp³-hybridized carbons (Fsp3) is 0.643. The molecule has 92 valence electrons. The molecule has 0 aliphatic carbocycles. The fourth-order valence-corrected chi connectivity index (χ4v) is 3.15. The standard InChI is InChI=1S/C14H21N3/c1-3-12(9-15-6-1)5-8-17-10-13-4-2-7-16-14(13)11-17/h1,3,6,9,13-14,16H,2,4-5,7-8,10-11H2/t13-,14+/m0/s1. The monoisotopic (exact) mass is 231 g/mol. The number of rotatable bonds is 3. The molecule has 0 spiro atoms. The molecule has 3 heteroatoms. The van der Waals surface area contributed by atoms with Crippen molar-refractivity contribution in [3.05, 3.63) is 30.1 Å². The van der Waals surface area contributed by atoms with Gasteiger partial charge in [-0.25, -0.2) is 0 Å². The Balaban J connectivity index is 1.50. The number of hydrogen-bond donors (Lipinski definition) is 1. The molecule has 17 heavy (non-hydrogen) atoms. The van der Waals surface area contributed by atoms with E-state index in [0.717, 1.165) is 18.4 Å². The largest absolute Gasteiger partial charge is 0.312 e. The van der Waals surface area contributed by atoms with Crippen molar-refractivity contribution in [2.45, 2.75) is 25.3 Å². The molecule has 2 saturated heterocycles. The summed E-state index contributed by atoms with van der Waals surface area (Å²) in [5.74, 6) is 0.901. The van der Waals surface area contributed by atoms with Gasteiger partial charge in [-0.3, -0.25) is 4.98 Å². The Morgan fingerprint density at radius 2 is 2.41 bits per heavy atom. The van der Waals surface area contributed by atoms with Crippen LogP contribution in [0.15, 0.2) is 24.5 Å². The van der Waals surface area contributed by atoms with E-state index < -0.39 is 0 Å². The highest BCUT2D eigenvalue weighted by molar-refractivity contribution is 5.09. The molecule has 0 unspecified atom stereocenters.